The van der Waals surface area contributed by atoms with Gasteiger partial charge in [0.05, 0.1) is 0 Å². The van der Waals surface area contributed by atoms with Crippen LogP contribution in [0, 0.1) is 0 Å². The molecule has 0 spiro atoms. The summed E-state index contributed by atoms with van der Waals surface area (Å²) in [4.78, 5) is 2.47. The number of rotatable bonds is 3. The van der Waals surface area contributed by atoms with Crippen molar-refractivity contribution in [3.05, 3.63) is 48.5 Å². The molecule has 0 bridgehead atoms. The zero-order chi connectivity index (χ0) is 14.3. The van der Waals surface area contributed by atoms with Crippen molar-refractivity contribution in [2.24, 2.45) is 0 Å². The van der Waals surface area contributed by atoms with E-state index in [4.69, 9.17) is 0 Å². The van der Waals surface area contributed by atoms with E-state index in [0.29, 0.717) is 12.1 Å². The standard InChI is InChI=1S/C19H22N.2ClH.Zr/c1-13(2)20(14(3)4)17-9-10-19-16(12-17)11-15-7-5-6-8-18(15)19;;;/h5-14H,1-4H3;2*1H;/q-1;;;+3/p-2. The molecule has 0 aromatic heterocycles. The van der Waals surface area contributed by atoms with Crippen LogP contribution in [0.5, 0.6) is 0 Å². The molecule has 0 aliphatic carbocycles. The van der Waals surface area contributed by atoms with Crippen molar-refractivity contribution in [2.75, 3.05) is 4.90 Å². The molecular weight excluding hydrogens is 404 g/mol. The molecular formula is C19H22Cl2NZr. The van der Waals surface area contributed by atoms with Crippen molar-refractivity contribution >= 4 is 27.2 Å². The van der Waals surface area contributed by atoms with E-state index < -0.39 is 0 Å². The minimum absolute atomic E-state index is 0. The molecule has 23 heavy (non-hydrogen) atoms. The number of benzene rings is 2. The van der Waals surface area contributed by atoms with Gasteiger partial charge in [0.2, 0.25) is 0 Å². The van der Waals surface area contributed by atoms with E-state index in [0.717, 1.165) is 0 Å². The van der Waals surface area contributed by atoms with Gasteiger partial charge in [0.25, 0.3) is 0 Å². The van der Waals surface area contributed by atoms with E-state index in [1.54, 1.807) is 0 Å². The van der Waals surface area contributed by atoms with Crippen LogP contribution in [0.1, 0.15) is 27.7 Å². The number of hydrogen-bond acceptors (Lipinski definition) is 1. The van der Waals surface area contributed by atoms with Crippen LogP contribution in [0.3, 0.4) is 0 Å². The van der Waals surface area contributed by atoms with Gasteiger partial charge in [-0.3, -0.25) is 0 Å². The molecule has 0 N–H and O–H groups in total. The summed E-state index contributed by atoms with van der Waals surface area (Å²) in [5.74, 6) is 0. The predicted molar refractivity (Wildman–Crippen MR) is 89.8 cm³/mol. The Hall–Kier alpha value is -0.427. The first-order chi connectivity index (χ1) is 9.58. The average Bonchev–Trinajstić information content (AvgIpc) is 2.75. The second-order valence-corrected chi connectivity index (χ2v) is 6.10. The smallest absolute Gasteiger partial charge is 1.00 e. The van der Waals surface area contributed by atoms with Gasteiger partial charge in [-0.1, -0.05) is 36.4 Å². The zero-order valence-electron chi connectivity index (χ0n) is 14.0. The summed E-state index contributed by atoms with van der Waals surface area (Å²) in [7, 11) is 0. The summed E-state index contributed by atoms with van der Waals surface area (Å²) in [6.45, 7) is 9.02. The van der Waals surface area contributed by atoms with Gasteiger partial charge in [0, 0.05) is 17.8 Å². The SMILES string of the molecule is CC(C)N(c1ccc2c(c1)[cH-]c1ccccc12)C(C)C.[Cl-].[Cl-].[Zr+3]. The molecule has 0 heterocycles. The number of halogens is 2. The molecule has 1 radical (unpaired) electrons. The Labute approximate surface area is 170 Å². The minimum Gasteiger partial charge on any atom is -1.00 e. The van der Waals surface area contributed by atoms with E-state index in [1.165, 1.54) is 27.2 Å². The number of nitrogens with zero attached hydrogens (tertiary/aromatic N) is 1. The predicted octanol–water partition coefficient (Wildman–Crippen LogP) is -0.659. The molecule has 0 aliphatic rings. The van der Waals surface area contributed by atoms with E-state index in [2.05, 4.69) is 81.1 Å². The van der Waals surface area contributed by atoms with Gasteiger partial charge in [-0.15, -0.1) is 33.7 Å². The van der Waals surface area contributed by atoms with Gasteiger partial charge < -0.3 is 29.7 Å². The molecule has 3 rings (SSSR count). The van der Waals surface area contributed by atoms with Crippen molar-refractivity contribution in [1.82, 2.24) is 0 Å². The third-order valence-corrected chi connectivity index (χ3v) is 4.01. The Balaban J connectivity index is 0.00000161. The maximum atomic E-state index is 2.47. The van der Waals surface area contributed by atoms with E-state index in [-0.39, 0.29) is 51.0 Å². The molecule has 0 fully saturated rings. The van der Waals surface area contributed by atoms with Crippen LogP contribution >= 0.6 is 0 Å². The van der Waals surface area contributed by atoms with Crippen LogP contribution in [0.2, 0.25) is 0 Å². The first-order valence-corrected chi connectivity index (χ1v) is 7.44. The maximum Gasteiger partial charge on any atom is 3.00 e. The fourth-order valence-electron chi connectivity index (χ4n) is 3.30. The summed E-state index contributed by atoms with van der Waals surface area (Å²) in [5.41, 5.74) is 1.32. The Morgan fingerprint density at radius 1 is 0.783 bits per heavy atom. The fraction of sp³-hybridized carbons (Fsp3) is 0.316. The third kappa shape index (κ3) is 4.35. The van der Waals surface area contributed by atoms with Crippen LogP contribution in [0.4, 0.5) is 5.69 Å². The van der Waals surface area contributed by atoms with E-state index in [1.807, 2.05) is 0 Å². The van der Waals surface area contributed by atoms with Crippen molar-refractivity contribution in [3.8, 4) is 0 Å². The molecule has 3 aromatic carbocycles. The van der Waals surface area contributed by atoms with E-state index >= 15 is 0 Å². The molecule has 0 aliphatic heterocycles. The van der Waals surface area contributed by atoms with Crippen LogP contribution in [0.15, 0.2) is 48.5 Å². The number of fused-ring (bicyclic) bond motifs is 3. The summed E-state index contributed by atoms with van der Waals surface area (Å²) < 4.78 is 0. The number of hydrogen-bond donors (Lipinski definition) is 0. The van der Waals surface area contributed by atoms with Crippen LogP contribution < -0.4 is 29.7 Å². The topological polar surface area (TPSA) is 3.24 Å². The third-order valence-electron chi connectivity index (χ3n) is 4.01. The number of anilines is 1. The van der Waals surface area contributed by atoms with Crippen LogP contribution in [0.25, 0.3) is 21.5 Å². The quantitative estimate of drug-likeness (QED) is 0.503. The second-order valence-electron chi connectivity index (χ2n) is 6.10. The minimum atomic E-state index is 0. The summed E-state index contributed by atoms with van der Waals surface area (Å²) in [6.07, 6.45) is 0. The van der Waals surface area contributed by atoms with Crippen molar-refractivity contribution in [2.45, 2.75) is 39.8 Å². The van der Waals surface area contributed by atoms with Crippen LogP contribution in [-0.2, 0) is 26.2 Å². The molecule has 0 unspecified atom stereocenters. The van der Waals surface area contributed by atoms with Crippen molar-refractivity contribution < 1.29 is 51.0 Å². The Bertz CT molecular complexity index is 741. The fourth-order valence-corrected chi connectivity index (χ4v) is 3.30. The van der Waals surface area contributed by atoms with E-state index in [9.17, 15) is 0 Å². The summed E-state index contributed by atoms with van der Waals surface area (Å²) in [6, 6.07) is 18.8. The van der Waals surface area contributed by atoms with Crippen molar-refractivity contribution in [3.63, 3.8) is 0 Å². The van der Waals surface area contributed by atoms with Gasteiger partial charge >= 0.3 is 26.2 Å². The van der Waals surface area contributed by atoms with Crippen molar-refractivity contribution in [1.29, 1.82) is 0 Å². The largest absolute Gasteiger partial charge is 3.00 e. The molecule has 0 amide bonds. The normalized spacial score (nSPS) is 10.3. The van der Waals surface area contributed by atoms with Gasteiger partial charge in [0.1, 0.15) is 0 Å². The van der Waals surface area contributed by atoms with Gasteiger partial charge in [0.15, 0.2) is 0 Å². The molecule has 1 nitrogen and oxygen atoms in total. The molecule has 0 saturated heterocycles. The average molecular weight is 427 g/mol. The first-order valence-electron chi connectivity index (χ1n) is 7.44. The Morgan fingerprint density at radius 2 is 1.35 bits per heavy atom. The molecule has 0 atom stereocenters. The first kappa shape index (κ1) is 22.6. The monoisotopic (exact) mass is 424 g/mol. The molecule has 121 valence electrons. The molecule has 3 aromatic rings. The maximum absolute atomic E-state index is 2.47. The van der Waals surface area contributed by atoms with Gasteiger partial charge in [-0.05, 0) is 27.7 Å². The molecule has 0 saturated carbocycles. The Kier molecular flexibility index (Phi) is 8.99. The second kappa shape index (κ2) is 9.16. The van der Waals surface area contributed by atoms with Gasteiger partial charge in [-0.25, -0.2) is 0 Å². The van der Waals surface area contributed by atoms with Gasteiger partial charge in [-0.2, -0.15) is 0 Å². The van der Waals surface area contributed by atoms with Crippen LogP contribution in [-0.4, -0.2) is 12.1 Å². The zero-order valence-corrected chi connectivity index (χ0v) is 17.9. The summed E-state index contributed by atoms with van der Waals surface area (Å²) >= 11 is 0. The Morgan fingerprint density at radius 3 is 1.96 bits per heavy atom. The molecule has 4 heteroatoms. The summed E-state index contributed by atoms with van der Waals surface area (Å²) in [5, 5.41) is 5.39.